The zero-order chi connectivity index (χ0) is 13.0. The van der Waals surface area contributed by atoms with Crippen LogP contribution in [0.2, 0.25) is 0 Å². The second-order valence-corrected chi connectivity index (χ2v) is 4.02. The Morgan fingerprint density at radius 2 is 2.33 bits per heavy atom. The minimum absolute atomic E-state index is 0.178. The lowest BCUT2D eigenvalue weighted by molar-refractivity contribution is -0.140. The molecule has 0 aliphatic rings. The summed E-state index contributed by atoms with van der Waals surface area (Å²) in [7, 11) is 3.35. The van der Waals surface area contributed by atoms with Gasteiger partial charge in [0.2, 0.25) is 0 Å². The first-order chi connectivity index (χ1) is 8.70. The van der Waals surface area contributed by atoms with E-state index >= 15 is 0 Å². The van der Waals surface area contributed by atoms with Crippen molar-refractivity contribution in [3.63, 3.8) is 0 Å². The van der Waals surface area contributed by atoms with E-state index in [2.05, 4.69) is 14.8 Å². The summed E-state index contributed by atoms with van der Waals surface area (Å²) >= 11 is 0. The number of esters is 1. The Balaban J connectivity index is 1.95. The number of hydrogen-bond acceptors (Lipinski definition) is 5. The van der Waals surface area contributed by atoms with Crippen LogP contribution in [-0.2, 0) is 9.53 Å². The van der Waals surface area contributed by atoms with Crippen LogP contribution in [0.15, 0.2) is 24.5 Å². The third-order valence-electron chi connectivity index (χ3n) is 2.74. The average Bonchev–Trinajstić information content (AvgIpc) is 2.85. The van der Waals surface area contributed by atoms with Crippen molar-refractivity contribution in [2.45, 2.75) is 12.8 Å². The molecular formula is C12H16N4O2. The van der Waals surface area contributed by atoms with Gasteiger partial charge in [0.1, 0.15) is 5.82 Å². The van der Waals surface area contributed by atoms with Gasteiger partial charge in [0.05, 0.1) is 13.3 Å². The quantitative estimate of drug-likeness (QED) is 0.742. The van der Waals surface area contributed by atoms with Gasteiger partial charge in [-0.1, -0.05) is 0 Å². The van der Waals surface area contributed by atoms with Gasteiger partial charge in [-0.2, -0.15) is 5.10 Å². The molecule has 0 spiro atoms. The van der Waals surface area contributed by atoms with E-state index in [-0.39, 0.29) is 5.97 Å². The molecule has 0 fully saturated rings. The summed E-state index contributed by atoms with van der Waals surface area (Å²) < 4.78 is 6.31. The van der Waals surface area contributed by atoms with E-state index in [1.807, 2.05) is 30.3 Å². The number of methoxy groups -OCH3 is 1. The molecule has 0 amide bonds. The molecule has 18 heavy (non-hydrogen) atoms. The van der Waals surface area contributed by atoms with Crippen molar-refractivity contribution >= 4 is 17.4 Å². The standard InChI is InChI=1S/C12H16N4O2/c1-15(8-3-4-12(17)18-2)10-6-9-16-11(14-10)5-7-13-16/h5-7,9H,3-4,8H2,1-2H3. The summed E-state index contributed by atoms with van der Waals surface area (Å²) in [5.41, 5.74) is 0.812. The third-order valence-corrected chi connectivity index (χ3v) is 2.74. The van der Waals surface area contributed by atoms with E-state index in [0.29, 0.717) is 6.42 Å². The fourth-order valence-electron chi connectivity index (χ4n) is 1.69. The maximum Gasteiger partial charge on any atom is 0.305 e. The van der Waals surface area contributed by atoms with Gasteiger partial charge in [-0.05, 0) is 12.5 Å². The number of ether oxygens (including phenoxy) is 1. The Hall–Kier alpha value is -2.11. The van der Waals surface area contributed by atoms with Gasteiger partial charge in [-0.15, -0.1) is 0 Å². The first-order valence-corrected chi connectivity index (χ1v) is 5.79. The Bertz CT molecular complexity index is 538. The van der Waals surface area contributed by atoms with Crippen LogP contribution >= 0.6 is 0 Å². The molecule has 0 saturated heterocycles. The van der Waals surface area contributed by atoms with Crippen molar-refractivity contribution in [2.75, 3.05) is 25.6 Å². The minimum atomic E-state index is -0.178. The predicted molar refractivity (Wildman–Crippen MR) is 67.5 cm³/mol. The summed E-state index contributed by atoms with van der Waals surface area (Å²) in [6.45, 7) is 0.756. The normalized spacial score (nSPS) is 10.6. The SMILES string of the molecule is COC(=O)CCCN(C)c1ccn2nccc2n1. The number of nitrogens with zero attached hydrogens (tertiary/aromatic N) is 4. The third kappa shape index (κ3) is 2.77. The van der Waals surface area contributed by atoms with E-state index in [0.717, 1.165) is 24.4 Å². The van der Waals surface area contributed by atoms with Crippen molar-refractivity contribution in [1.82, 2.24) is 14.6 Å². The Labute approximate surface area is 105 Å². The zero-order valence-electron chi connectivity index (χ0n) is 10.5. The molecule has 0 N–H and O–H groups in total. The fraction of sp³-hybridized carbons (Fsp3) is 0.417. The molecule has 6 heteroatoms. The number of hydrogen-bond donors (Lipinski definition) is 0. The van der Waals surface area contributed by atoms with E-state index in [1.54, 1.807) is 10.7 Å². The van der Waals surface area contributed by atoms with E-state index in [1.165, 1.54) is 7.11 Å². The molecule has 2 aromatic heterocycles. The maximum atomic E-state index is 11.0. The maximum absolute atomic E-state index is 11.0. The number of carbonyl (C=O) groups excluding carboxylic acids is 1. The molecular weight excluding hydrogens is 232 g/mol. The van der Waals surface area contributed by atoms with Crippen molar-refractivity contribution in [2.24, 2.45) is 0 Å². The Kier molecular flexibility index (Phi) is 3.76. The molecule has 0 unspecified atom stereocenters. The topological polar surface area (TPSA) is 59.7 Å². The van der Waals surface area contributed by atoms with Gasteiger partial charge in [0.25, 0.3) is 0 Å². The van der Waals surface area contributed by atoms with Gasteiger partial charge < -0.3 is 9.64 Å². The molecule has 0 radical (unpaired) electrons. The van der Waals surface area contributed by atoms with Crippen LogP contribution in [-0.4, -0.2) is 41.3 Å². The number of rotatable bonds is 5. The lowest BCUT2D eigenvalue weighted by Gasteiger charge is -2.17. The molecule has 0 aliphatic heterocycles. The van der Waals surface area contributed by atoms with Crippen molar-refractivity contribution in [3.8, 4) is 0 Å². The molecule has 2 rings (SSSR count). The summed E-state index contributed by atoms with van der Waals surface area (Å²) in [6.07, 6.45) is 4.75. The molecule has 0 bridgehead atoms. The van der Waals surface area contributed by atoms with Gasteiger partial charge in [0, 0.05) is 32.3 Å². The van der Waals surface area contributed by atoms with Gasteiger partial charge in [-0.3, -0.25) is 4.79 Å². The molecule has 0 aliphatic carbocycles. The molecule has 0 aromatic carbocycles. The van der Waals surface area contributed by atoms with Crippen LogP contribution < -0.4 is 4.90 Å². The van der Waals surface area contributed by atoms with Crippen LogP contribution in [0.4, 0.5) is 5.82 Å². The van der Waals surface area contributed by atoms with Gasteiger partial charge in [-0.25, -0.2) is 9.50 Å². The molecule has 0 atom stereocenters. The van der Waals surface area contributed by atoms with Crippen LogP contribution in [0.1, 0.15) is 12.8 Å². The Morgan fingerprint density at radius 1 is 1.50 bits per heavy atom. The second kappa shape index (κ2) is 5.48. The average molecular weight is 248 g/mol. The molecule has 0 saturated carbocycles. The van der Waals surface area contributed by atoms with Crippen LogP contribution in [0, 0.1) is 0 Å². The smallest absolute Gasteiger partial charge is 0.305 e. The first-order valence-electron chi connectivity index (χ1n) is 5.79. The molecule has 6 nitrogen and oxygen atoms in total. The van der Waals surface area contributed by atoms with Crippen LogP contribution in [0.5, 0.6) is 0 Å². The molecule has 2 aromatic rings. The number of fused-ring (bicyclic) bond motifs is 1. The van der Waals surface area contributed by atoms with E-state index in [9.17, 15) is 4.79 Å². The summed E-state index contributed by atoms with van der Waals surface area (Å²) in [5, 5.41) is 4.09. The Morgan fingerprint density at radius 3 is 3.11 bits per heavy atom. The summed E-state index contributed by atoms with van der Waals surface area (Å²) in [4.78, 5) is 17.5. The molecule has 2 heterocycles. The van der Waals surface area contributed by atoms with Crippen molar-refractivity contribution in [1.29, 1.82) is 0 Å². The fourth-order valence-corrected chi connectivity index (χ4v) is 1.69. The van der Waals surface area contributed by atoms with Crippen molar-refractivity contribution in [3.05, 3.63) is 24.5 Å². The van der Waals surface area contributed by atoms with Gasteiger partial charge in [0.15, 0.2) is 5.65 Å². The highest BCUT2D eigenvalue weighted by atomic mass is 16.5. The minimum Gasteiger partial charge on any atom is -0.469 e. The van der Waals surface area contributed by atoms with Crippen LogP contribution in [0.3, 0.4) is 0 Å². The number of carbonyl (C=O) groups is 1. The van der Waals surface area contributed by atoms with Gasteiger partial charge >= 0.3 is 5.97 Å². The number of anilines is 1. The highest BCUT2D eigenvalue weighted by Crippen LogP contribution is 2.11. The first kappa shape index (κ1) is 12.3. The highest BCUT2D eigenvalue weighted by Gasteiger charge is 2.06. The largest absolute Gasteiger partial charge is 0.469 e. The monoisotopic (exact) mass is 248 g/mol. The lowest BCUT2D eigenvalue weighted by atomic mass is 10.3. The zero-order valence-corrected chi connectivity index (χ0v) is 10.5. The predicted octanol–water partition coefficient (Wildman–Crippen LogP) is 1.12. The summed E-state index contributed by atoms with van der Waals surface area (Å²) in [5.74, 6) is 0.690. The van der Waals surface area contributed by atoms with E-state index < -0.39 is 0 Å². The van der Waals surface area contributed by atoms with Crippen LogP contribution in [0.25, 0.3) is 5.65 Å². The lowest BCUT2D eigenvalue weighted by Crippen LogP contribution is -2.20. The van der Waals surface area contributed by atoms with Crippen molar-refractivity contribution < 1.29 is 9.53 Å². The molecule has 96 valence electrons. The second-order valence-electron chi connectivity index (χ2n) is 4.02. The summed E-state index contributed by atoms with van der Waals surface area (Å²) in [6, 6.07) is 3.75. The number of aromatic nitrogens is 3. The van der Waals surface area contributed by atoms with E-state index in [4.69, 9.17) is 0 Å². The highest BCUT2D eigenvalue weighted by molar-refractivity contribution is 5.69.